The number of hydrogen-bond acceptors (Lipinski definition) is 4. The maximum atomic E-state index is 10.6. The average molecular weight is 480 g/mol. The van der Waals surface area contributed by atoms with Gasteiger partial charge in [0, 0.05) is 19.6 Å². The van der Waals surface area contributed by atoms with Gasteiger partial charge in [0.2, 0.25) is 0 Å². The van der Waals surface area contributed by atoms with Gasteiger partial charge >= 0.3 is 0 Å². The molecular weight excluding hydrogens is 447 g/mol. The lowest BCUT2D eigenvalue weighted by Gasteiger charge is -2.30. The van der Waals surface area contributed by atoms with E-state index in [2.05, 4.69) is 34.4 Å². The van der Waals surface area contributed by atoms with E-state index >= 15 is 0 Å². The second-order valence-electron chi connectivity index (χ2n) is 6.93. The van der Waals surface area contributed by atoms with E-state index in [9.17, 15) is 5.11 Å². The molecule has 1 saturated heterocycles. The van der Waals surface area contributed by atoms with Crippen LogP contribution in [-0.4, -0.2) is 55.2 Å². The zero-order chi connectivity index (χ0) is 17.4. The second-order valence-corrected chi connectivity index (χ2v) is 7.71. The summed E-state index contributed by atoms with van der Waals surface area (Å²) in [6.07, 6.45) is 2.61. The normalized spacial score (nSPS) is 19.1. The molecule has 25 heavy (non-hydrogen) atoms. The van der Waals surface area contributed by atoms with Gasteiger partial charge in [0.25, 0.3) is 0 Å². The van der Waals surface area contributed by atoms with E-state index < -0.39 is 5.60 Å². The van der Waals surface area contributed by atoms with Gasteiger partial charge in [-0.25, -0.2) is 4.99 Å². The third kappa shape index (κ3) is 7.80. The molecule has 2 heterocycles. The first-order valence-corrected chi connectivity index (χ1v) is 9.95. The number of halogens is 1. The van der Waals surface area contributed by atoms with Gasteiger partial charge in [-0.15, -0.1) is 24.0 Å². The van der Waals surface area contributed by atoms with E-state index in [0.29, 0.717) is 6.54 Å². The highest BCUT2D eigenvalue weighted by Gasteiger charge is 2.23. The molecule has 0 spiro atoms. The molecule has 0 aromatic carbocycles. The second kappa shape index (κ2) is 11.4. The van der Waals surface area contributed by atoms with Crippen LogP contribution in [0.4, 0.5) is 0 Å². The van der Waals surface area contributed by atoms with Gasteiger partial charge in [0.05, 0.1) is 6.54 Å². The van der Waals surface area contributed by atoms with Crippen molar-refractivity contribution >= 4 is 41.3 Å². The van der Waals surface area contributed by atoms with Crippen molar-refractivity contribution in [1.29, 1.82) is 0 Å². The molecule has 3 N–H and O–H groups in total. The van der Waals surface area contributed by atoms with Gasteiger partial charge < -0.3 is 20.6 Å². The van der Waals surface area contributed by atoms with Crippen molar-refractivity contribution in [3.8, 4) is 0 Å². The molecule has 1 aromatic heterocycles. The average Bonchev–Trinajstić information content (AvgIpc) is 3.10. The molecule has 1 aromatic rings. The summed E-state index contributed by atoms with van der Waals surface area (Å²) in [7, 11) is 0. The minimum atomic E-state index is -0.925. The van der Waals surface area contributed by atoms with Crippen LogP contribution in [0, 0.1) is 5.92 Å². The number of thiophene rings is 1. The van der Waals surface area contributed by atoms with E-state index in [0.717, 1.165) is 37.1 Å². The minimum Gasteiger partial charge on any atom is -0.383 e. The Labute approximate surface area is 173 Å². The smallest absolute Gasteiger partial charge is 0.191 e. The monoisotopic (exact) mass is 480 g/mol. The van der Waals surface area contributed by atoms with Gasteiger partial charge in [-0.1, -0.05) is 6.92 Å². The number of aliphatic imine (C=N–C) groups is 1. The lowest BCUT2D eigenvalue weighted by molar-refractivity contribution is 0.0677. The largest absolute Gasteiger partial charge is 0.383 e. The highest BCUT2D eigenvalue weighted by Crippen LogP contribution is 2.23. The molecule has 144 valence electrons. The van der Waals surface area contributed by atoms with Crippen molar-refractivity contribution < 1.29 is 5.11 Å². The Kier molecular flexibility index (Phi) is 10.3. The first-order valence-electron chi connectivity index (χ1n) is 9.01. The fraction of sp³-hybridized carbons (Fsp3) is 0.722. The van der Waals surface area contributed by atoms with Crippen molar-refractivity contribution in [3.63, 3.8) is 0 Å². The number of guanidine groups is 1. The standard InChI is InChI=1S/C18H32N4OS.HI/c1-4-19-17(20-8-11-22-9-5-15(2)6-10-22)21-14-18(3,23)16-7-12-24-13-16;/h7,12-13,15,23H,4-6,8-11,14H2,1-3H3,(H2,19,20,21);1H. The molecule has 1 aliphatic rings. The predicted molar refractivity (Wildman–Crippen MR) is 118 cm³/mol. The van der Waals surface area contributed by atoms with Crippen LogP contribution in [0.2, 0.25) is 0 Å². The molecule has 1 unspecified atom stereocenters. The van der Waals surface area contributed by atoms with Crippen LogP contribution in [0.3, 0.4) is 0 Å². The highest BCUT2D eigenvalue weighted by molar-refractivity contribution is 14.0. The fourth-order valence-electron chi connectivity index (χ4n) is 2.86. The topological polar surface area (TPSA) is 59.9 Å². The number of nitrogens with zero attached hydrogens (tertiary/aromatic N) is 2. The Morgan fingerprint density at radius 3 is 2.72 bits per heavy atom. The Morgan fingerprint density at radius 2 is 2.12 bits per heavy atom. The molecule has 7 heteroatoms. The van der Waals surface area contributed by atoms with Crippen LogP contribution in [0.25, 0.3) is 0 Å². The van der Waals surface area contributed by atoms with E-state index in [4.69, 9.17) is 0 Å². The summed E-state index contributed by atoms with van der Waals surface area (Å²) in [6, 6.07) is 1.96. The summed E-state index contributed by atoms with van der Waals surface area (Å²) in [4.78, 5) is 7.08. The molecule has 2 rings (SSSR count). The van der Waals surface area contributed by atoms with E-state index in [1.807, 2.05) is 23.8 Å². The number of aliphatic hydroxyl groups is 1. The molecule has 0 bridgehead atoms. The van der Waals surface area contributed by atoms with Crippen LogP contribution in [0.1, 0.15) is 39.2 Å². The first kappa shape index (κ1) is 22.7. The Hall–Kier alpha value is -0.380. The van der Waals surface area contributed by atoms with E-state index in [1.165, 1.54) is 25.9 Å². The van der Waals surface area contributed by atoms with Crippen LogP contribution in [0.15, 0.2) is 21.8 Å². The molecule has 0 radical (unpaired) electrons. The third-order valence-electron chi connectivity index (χ3n) is 4.63. The third-order valence-corrected chi connectivity index (χ3v) is 5.31. The number of hydrogen-bond donors (Lipinski definition) is 3. The molecule has 1 atom stereocenters. The molecular formula is C18H33IN4OS. The summed E-state index contributed by atoms with van der Waals surface area (Å²) < 4.78 is 0. The quantitative estimate of drug-likeness (QED) is 0.319. The molecule has 0 aliphatic carbocycles. The lowest BCUT2D eigenvalue weighted by Crippen LogP contribution is -2.43. The predicted octanol–water partition coefficient (Wildman–Crippen LogP) is 2.86. The van der Waals surface area contributed by atoms with Crippen LogP contribution in [0.5, 0.6) is 0 Å². The zero-order valence-electron chi connectivity index (χ0n) is 15.6. The fourth-order valence-corrected chi connectivity index (χ4v) is 3.64. The maximum Gasteiger partial charge on any atom is 0.191 e. The summed E-state index contributed by atoms with van der Waals surface area (Å²) in [5.41, 5.74) is 0.000257. The van der Waals surface area contributed by atoms with Crippen molar-refractivity contribution in [3.05, 3.63) is 22.4 Å². The zero-order valence-corrected chi connectivity index (χ0v) is 18.8. The molecule has 1 aliphatic heterocycles. The number of rotatable bonds is 7. The van der Waals surface area contributed by atoms with Gasteiger partial charge in [-0.2, -0.15) is 11.3 Å². The first-order chi connectivity index (χ1) is 11.5. The summed E-state index contributed by atoms with van der Waals surface area (Å²) in [5, 5.41) is 21.2. The van der Waals surface area contributed by atoms with Crippen molar-refractivity contribution in [2.24, 2.45) is 10.9 Å². The summed E-state index contributed by atoms with van der Waals surface area (Å²) >= 11 is 1.60. The minimum absolute atomic E-state index is 0. The molecule has 1 fully saturated rings. The van der Waals surface area contributed by atoms with Gasteiger partial charge in [-0.05, 0) is 68.1 Å². The number of likely N-dealkylation sites (tertiary alicyclic amines) is 1. The van der Waals surface area contributed by atoms with E-state index in [-0.39, 0.29) is 24.0 Å². The summed E-state index contributed by atoms with van der Waals surface area (Å²) in [5.74, 6) is 1.64. The molecule has 0 saturated carbocycles. The van der Waals surface area contributed by atoms with Gasteiger partial charge in [0.15, 0.2) is 5.96 Å². The van der Waals surface area contributed by atoms with Gasteiger partial charge in [-0.3, -0.25) is 0 Å². The van der Waals surface area contributed by atoms with Crippen LogP contribution >= 0.6 is 35.3 Å². The Balaban J connectivity index is 0.00000312. The summed E-state index contributed by atoms with van der Waals surface area (Å²) in [6.45, 7) is 11.7. The Morgan fingerprint density at radius 1 is 1.40 bits per heavy atom. The van der Waals surface area contributed by atoms with E-state index in [1.54, 1.807) is 11.3 Å². The van der Waals surface area contributed by atoms with Gasteiger partial charge in [0.1, 0.15) is 5.60 Å². The SMILES string of the molecule is CCNC(=NCC(C)(O)c1ccsc1)NCCN1CCC(C)CC1.I. The highest BCUT2D eigenvalue weighted by atomic mass is 127. The van der Waals surface area contributed by atoms with Crippen LogP contribution < -0.4 is 10.6 Å². The van der Waals surface area contributed by atoms with Crippen molar-refractivity contribution in [2.45, 2.75) is 39.2 Å². The lowest BCUT2D eigenvalue weighted by atomic mass is 9.99. The molecule has 5 nitrogen and oxygen atoms in total. The maximum absolute atomic E-state index is 10.6. The Bertz CT molecular complexity index is 499. The number of nitrogens with one attached hydrogen (secondary N) is 2. The van der Waals surface area contributed by atoms with Crippen LogP contribution in [-0.2, 0) is 5.60 Å². The van der Waals surface area contributed by atoms with Crippen molar-refractivity contribution in [2.75, 3.05) is 39.3 Å². The van der Waals surface area contributed by atoms with Crippen molar-refractivity contribution in [1.82, 2.24) is 15.5 Å². The number of piperidine rings is 1. The molecule has 0 amide bonds.